The summed E-state index contributed by atoms with van der Waals surface area (Å²) in [5.74, 6) is 3.81. The molecule has 3 heteroatoms. The highest BCUT2D eigenvalue weighted by molar-refractivity contribution is 7.08. The van der Waals surface area contributed by atoms with Crippen molar-refractivity contribution < 1.29 is 9.16 Å². The smallest absolute Gasteiger partial charge is 0.363 e. The Balaban J connectivity index is 2.49. The van der Waals surface area contributed by atoms with Gasteiger partial charge in [-0.1, -0.05) is 0 Å². The lowest BCUT2D eigenvalue weighted by Crippen LogP contribution is -1.99. The molecule has 0 amide bonds. The lowest BCUT2D eigenvalue weighted by molar-refractivity contribution is 0.127. The van der Waals surface area contributed by atoms with E-state index in [-0.39, 0.29) is 0 Å². The van der Waals surface area contributed by atoms with Crippen molar-refractivity contribution >= 4 is 23.0 Å². The Kier molecular flexibility index (Phi) is 2.82. The van der Waals surface area contributed by atoms with Crippen molar-refractivity contribution in [3.8, 4) is 0 Å². The number of carbonyl (C=O) groups excluding carboxylic acids is 1. The minimum atomic E-state index is 0.653. The van der Waals surface area contributed by atoms with E-state index in [2.05, 4.69) is 5.94 Å². The first-order chi connectivity index (χ1) is 6.90. The van der Waals surface area contributed by atoms with E-state index in [0.29, 0.717) is 13.2 Å². The van der Waals surface area contributed by atoms with Crippen LogP contribution in [0.15, 0.2) is 24.3 Å². The number of hydrogen-bond donors (Lipinski definition) is 0. The third kappa shape index (κ3) is 1.95. The van der Waals surface area contributed by atoms with Gasteiger partial charge in [-0.3, -0.25) is 0 Å². The monoisotopic (exact) mass is 207 g/mol. The molecule has 0 saturated carbocycles. The molecule has 0 bridgehead atoms. The Morgan fingerprint density at radius 3 is 3.21 bits per heavy atom. The summed E-state index contributed by atoms with van der Waals surface area (Å²) in [7, 11) is 0. The second-order valence-corrected chi connectivity index (χ2v) is 3.86. The summed E-state index contributed by atoms with van der Waals surface area (Å²) in [6.07, 6.45) is 4.00. The van der Waals surface area contributed by atoms with Crippen LogP contribution in [0.2, 0.25) is 0 Å². The fraction of sp³-hybridized carbons (Fsp3) is 0.273. The average Bonchev–Trinajstić information content (AvgIpc) is 2.85. The first kappa shape index (κ1) is 9.25. The highest BCUT2D eigenvalue weighted by Crippen LogP contribution is 2.06. The summed E-state index contributed by atoms with van der Waals surface area (Å²) in [6, 6.07) is 4.01. The van der Waals surface area contributed by atoms with Crippen molar-refractivity contribution in [1.29, 1.82) is 0 Å². The van der Waals surface area contributed by atoms with Gasteiger partial charge in [0.15, 0.2) is 4.53 Å². The van der Waals surface area contributed by atoms with Crippen LogP contribution in [0.25, 0.3) is 5.76 Å². The van der Waals surface area contributed by atoms with Crippen LogP contribution in [0.4, 0.5) is 0 Å². The molecule has 0 fully saturated rings. The third-order valence-electron chi connectivity index (χ3n) is 1.77. The predicted octanol–water partition coefficient (Wildman–Crippen LogP) is 0.502. The molecule has 72 valence electrons. The standard InChI is InChI=1S/C11H11O2S/c1-2-12-8-9-5-6-11(14-9)10-4-3-7-13-10/h3-6H,2,7H2,1H3/q+1. The van der Waals surface area contributed by atoms with E-state index >= 15 is 0 Å². The SMILES string of the molecule is CC[O+]=C=c1ccc(=C2C=CCO2)s1. The number of hydrogen-bond acceptors (Lipinski definition) is 2. The van der Waals surface area contributed by atoms with Crippen LogP contribution >= 0.6 is 11.3 Å². The lowest BCUT2D eigenvalue weighted by atomic mass is 10.4. The van der Waals surface area contributed by atoms with Crippen LogP contribution in [0.3, 0.4) is 0 Å². The van der Waals surface area contributed by atoms with Crippen LogP contribution in [-0.4, -0.2) is 19.2 Å². The van der Waals surface area contributed by atoms with E-state index in [0.717, 1.165) is 14.8 Å². The molecule has 1 aliphatic rings. The molecular weight excluding hydrogens is 196 g/mol. The summed E-state index contributed by atoms with van der Waals surface area (Å²) < 4.78 is 12.6. The van der Waals surface area contributed by atoms with E-state index in [1.54, 1.807) is 11.3 Å². The van der Waals surface area contributed by atoms with E-state index in [1.165, 1.54) is 0 Å². The van der Waals surface area contributed by atoms with E-state index < -0.39 is 0 Å². The quantitative estimate of drug-likeness (QED) is 0.614. The van der Waals surface area contributed by atoms with E-state index in [1.807, 2.05) is 31.2 Å². The molecule has 0 unspecified atom stereocenters. The Labute approximate surface area is 86.1 Å². The normalized spacial score (nSPS) is 17.8. The second-order valence-electron chi connectivity index (χ2n) is 2.78. The Morgan fingerprint density at radius 2 is 2.50 bits per heavy atom. The number of rotatable bonds is 1. The first-order valence-electron chi connectivity index (χ1n) is 4.54. The van der Waals surface area contributed by atoms with Crippen LogP contribution in [0, 0.1) is 0 Å². The van der Waals surface area contributed by atoms with Gasteiger partial charge in [-0.05, 0) is 24.3 Å². The zero-order valence-electron chi connectivity index (χ0n) is 7.95. The molecule has 0 saturated heterocycles. The maximum atomic E-state index is 5.40. The summed E-state index contributed by atoms with van der Waals surface area (Å²) in [6.45, 7) is 3.28. The second kappa shape index (κ2) is 4.27. The van der Waals surface area contributed by atoms with Gasteiger partial charge in [-0.2, -0.15) is 0 Å². The van der Waals surface area contributed by atoms with Crippen LogP contribution < -0.4 is 9.06 Å². The Morgan fingerprint density at radius 1 is 1.57 bits per heavy atom. The molecule has 2 heterocycles. The van der Waals surface area contributed by atoms with Gasteiger partial charge in [-0.15, -0.1) is 11.3 Å². The maximum absolute atomic E-state index is 5.40. The predicted molar refractivity (Wildman–Crippen MR) is 57.4 cm³/mol. The molecule has 0 spiro atoms. The van der Waals surface area contributed by atoms with Crippen LogP contribution in [-0.2, 0) is 9.16 Å². The number of ether oxygens (including phenoxy) is 1. The zero-order chi connectivity index (χ0) is 9.80. The van der Waals surface area contributed by atoms with Gasteiger partial charge in [-0.25, -0.2) is 4.42 Å². The Hall–Kier alpha value is -1.31. The fourth-order valence-electron chi connectivity index (χ4n) is 1.16. The highest BCUT2D eigenvalue weighted by Gasteiger charge is 2.01. The van der Waals surface area contributed by atoms with Crippen molar-refractivity contribution in [1.82, 2.24) is 0 Å². The Bertz CT molecular complexity index is 490. The van der Waals surface area contributed by atoms with Crippen molar-refractivity contribution in [3.63, 3.8) is 0 Å². The van der Waals surface area contributed by atoms with Gasteiger partial charge in [0.25, 0.3) is 6.61 Å². The molecule has 0 aliphatic carbocycles. The highest BCUT2D eigenvalue weighted by atomic mass is 32.1. The largest absolute Gasteiger partial charge is 0.488 e. The van der Waals surface area contributed by atoms with Gasteiger partial charge in [0.1, 0.15) is 12.4 Å². The van der Waals surface area contributed by atoms with Crippen LogP contribution in [0.1, 0.15) is 6.92 Å². The number of thiophene rings is 1. The van der Waals surface area contributed by atoms with Gasteiger partial charge < -0.3 is 4.74 Å². The van der Waals surface area contributed by atoms with Gasteiger partial charge in [0, 0.05) is 6.92 Å². The first-order valence-corrected chi connectivity index (χ1v) is 5.36. The molecule has 0 aromatic carbocycles. The topological polar surface area (TPSA) is 20.5 Å². The molecule has 0 N–H and O–H groups in total. The summed E-state index contributed by atoms with van der Waals surface area (Å²) in [5, 5.41) is 0. The summed E-state index contributed by atoms with van der Waals surface area (Å²) in [5.41, 5.74) is 0. The molecule has 1 aromatic heterocycles. The molecule has 2 nitrogen and oxygen atoms in total. The molecule has 14 heavy (non-hydrogen) atoms. The van der Waals surface area contributed by atoms with E-state index in [9.17, 15) is 0 Å². The minimum absolute atomic E-state index is 0.653. The lowest BCUT2D eigenvalue weighted by Gasteiger charge is -1.92. The molecule has 1 aliphatic heterocycles. The molecule has 0 atom stereocenters. The van der Waals surface area contributed by atoms with Gasteiger partial charge in [0.05, 0.1) is 4.53 Å². The van der Waals surface area contributed by atoms with Crippen molar-refractivity contribution in [2.24, 2.45) is 0 Å². The van der Waals surface area contributed by atoms with Crippen molar-refractivity contribution in [2.45, 2.75) is 6.92 Å². The molecular formula is C11H11O2S+. The molecule has 0 radical (unpaired) electrons. The van der Waals surface area contributed by atoms with Crippen LogP contribution in [0.5, 0.6) is 0 Å². The van der Waals surface area contributed by atoms with Gasteiger partial charge >= 0.3 is 5.94 Å². The summed E-state index contributed by atoms with van der Waals surface area (Å²) in [4.78, 5) is 0. The molecule has 2 rings (SSSR count). The fourth-order valence-corrected chi connectivity index (χ4v) is 2.00. The molecule has 1 aromatic rings. The average molecular weight is 207 g/mol. The van der Waals surface area contributed by atoms with Crippen molar-refractivity contribution in [3.05, 3.63) is 33.3 Å². The van der Waals surface area contributed by atoms with E-state index in [4.69, 9.17) is 9.16 Å². The maximum Gasteiger partial charge on any atom is 0.363 e. The third-order valence-corrected chi connectivity index (χ3v) is 2.77. The summed E-state index contributed by atoms with van der Waals surface area (Å²) >= 11 is 1.62. The minimum Gasteiger partial charge on any atom is -0.488 e. The van der Waals surface area contributed by atoms with Crippen molar-refractivity contribution in [2.75, 3.05) is 13.2 Å². The zero-order valence-corrected chi connectivity index (χ0v) is 8.76. The van der Waals surface area contributed by atoms with Gasteiger partial charge in [0.2, 0.25) is 0 Å².